The lowest BCUT2D eigenvalue weighted by Crippen LogP contribution is -2.29. The molecule has 3 N–H and O–H groups in total. The third-order valence-electron chi connectivity index (χ3n) is 2.78. The lowest BCUT2D eigenvalue weighted by atomic mass is 10.1. The maximum Gasteiger partial charge on any atom is 0.416 e. The fourth-order valence-corrected chi connectivity index (χ4v) is 2.49. The first kappa shape index (κ1) is 17.5. The van der Waals surface area contributed by atoms with E-state index in [9.17, 15) is 13.2 Å². The van der Waals surface area contributed by atoms with Crippen molar-refractivity contribution in [2.75, 3.05) is 23.9 Å². The molecule has 0 aliphatic heterocycles. The quantitative estimate of drug-likeness (QED) is 0.736. The van der Waals surface area contributed by atoms with Gasteiger partial charge in [-0.15, -0.1) is 0 Å². The highest BCUT2D eigenvalue weighted by Gasteiger charge is 2.31. The second-order valence-corrected chi connectivity index (χ2v) is 5.86. The summed E-state index contributed by atoms with van der Waals surface area (Å²) in [4.78, 5) is 0. The van der Waals surface area contributed by atoms with Crippen molar-refractivity contribution >= 4 is 29.1 Å². The summed E-state index contributed by atoms with van der Waals surface area (Å²) in [6, 6.07) is 3.40. The molecule has 1 rings (SSSR count). The van der Waals surface area contributed by atoms with Gasteiger partial charge in [0.25, 0.3) is 0 Å². The van der Waals surface area contributed by atoms with Crippen molar-refractivity contribution in [2.24, 2.45) is 5.73 Å². The lowest BCUT2D eigenvalue weighted by Gasteiger charge is -2.19. The van der Waals surface area contributed by atoms with Gasteiger partial charge in [-0.3, -0.25) is 0 Å². The fraction of sp³-hybridized carbons (Fsp3) is 0.538. The number of halogens is 4. The molecule has 0 saturated carbocycles. The predicted octanol–water partition coefficient (Wildman–Crippen LogP) is 4.24. The fourth-order valence-electron chi connectivity index (χ4n) is 1.80. The van der Waals surface area contributed by atoms with Crippen LogP contribution in [0.2, 0.25) is 5.02 Å². The zero-order chi connectivity index (χ0) is 15.2. The summed E-state index contributed by atoms with van der Waals surface area (Å²) in [5.74, 6) is 1.00. The number of nitrogens with one attached hydrogen (secondary N) is 1. The summed E-state index contributed by atoms with van der Waals surface area (Å²) >= 11 is 7.47. The Morgan fingerprint density at radius 2 is 2.05 bits per heavy atom. The van der Waals surface area contributed by atoms with E-state index in [0.29, 0.717) is 12.2 Å². The van der Waals surface area contributed by atoms with Gasteiger partial charge in [0, 0.05) is 23.3 Å². The van der Waals surface area contributed by atoms with Crippen LogP contribution in [0.3, 0.4) is 0 Å². The molecule has 1 aromatic carbocycles. The van der Waals surface area contributed by atoms with Crippen molar-refractivity contribution < 1.29 is 13.2 Å². The molecule has 0 saturated heterocycles. The van der Waals surface area contributed by atoms with Crippen molar-refractivity contribution in [1.82, 2.24) is 0 Å². The summed E-state index contributed by atoms with van der Waals surface area (Å²) < 4.78 is 38.1. The summed E-state index contributed by atoms with van der Waals surface area (Å²) in [7, 11) is 0. The molecule has 0 bridgehead atoms. The second kappa shape index (κ2) is 8.00. The zero-order valence-corrected chi connectivity index (χ0v) is 12.7. The minimum atomic E-state index is -4.40. The number of alkyl halides is 3. The molecule has 1 unspecified atom stereocenters. The number of hydrogen-bond acceptors (Lipinski definition) is 3. The van der Waals surface area contributed by atoms with Crippen LogP contribution in [0, 0.1) is 0 Å². The average molecular weight is 327 g/mol. The van der Waals surface area contributed by atoms with Crippen LogP contribution in [0.25, 0.3) is 0 Å². The number of hydrogen-bond donors (Lipinski definition) is 2. The summed E-state index contributed by atoms with van der Waals surface area (Å²) in [6.07, 6.45) is -0.621. The van der Waals surface area contributed by atoms with Gasteiger partial charge in [-0.25, -0.2) is 0 Å². The van der Waals surface area contributed by atoms with Crippen molar-refractivity contribution in [3.63, 3.8) is 0 Å². The van der Waals surface area contributed by atoms with Gasteiger partial charge in [-0.2, -0.15) is 24.9 Å². The van der Waals surface area contributed by atoms with Crippen LogP contribution in [-0.4, -0.2) is 24.6 Å². The van der Waals surface area contributed by atoms with E-state index in [4.69, 9.17) is 17.3 Å². The Balaban J connectivity index is 2.77. The van der Waals surface area contributed by atoms with E-state index in [0.717, 1.165) is 30.7 Å². The maximum atomic E-state index is 12.7. The molecule has 0 amide bonds. The molecular weight excluding hydrogens is 309 g/mol. The smallest absolute Gasteiger partial charge is 0.381 e. The van der Waals surface area contributed by atoms with Gasteiger partial charge in [0.1, 0.15) is 0 Å². The third kappa shape index (κ3) is 5.81. The molecule has 0 aliphatic rings. The molecule has 0 heterocycles. The SMILES string of the molecule is CSCCCC(CN)Nc1cc(Cl)cc(C(F)(F)F)c1. The molecule has 7 heteroatoms. The minimum Gasteiger partial charge on any atom is -0.381 e. The Labute approximate surface area is 126 Å². The van der Waals surface area contributed by atoms with Crippen LogP contribution < -0.4 is 11.1 Å². The Kier molecular flexibility index (Phi) is 6.99. The second-order valence-electron chi connectivity index (χ2n) is 4.44. The van der Waals surface area contributed by atoms with Crippen LogP contribution in [-0.2, 0) is 6.18 Å². The van der Waals surface area contributed by atoms with E-state index in [1.165, 1.54) is 6.07 Å². The zero-order valence-electron chi connectivity index (χ0n) is 11.1. The Morgan fingerprint density at radius 1 is 1.35 bits per heavy atom. The topological polar surface area (TPSA) is 38.0 Å². The van der Waals surface area contributed by atoms with Gasteiger partial charge in [-0.05, 0) is 43.0 Å². The minimum absolute atomic E-state index is 0.0540. The van der Waals surface area contributed by atoms with Crippen LogP contribution in [0.4, 0.5) is 18.9 Å². The highest BCUT2D eigenvalue weighted by atomic mass is 35.5. The molecule has 20 heavy (non-hydrogen) atoms. The van der Waals surface area contributed by atoms with Crippen LogP contribution in [0.1, 0.15) is 18.4 Å². The number of benzene rings is 1. The Morgan fingerprint density at radius 3 is 2.60 bits per heavy atom. The molecule has 2 nitrogen and oxygen atoms in total. The van der Waals surface area contributed by atoms with Crippen molar-refractivity contribution in [3.8, 4) is 0 Å². The number of anilines is 1. The van der Waals surface area contributed by atoms with Gasteiger partial charge >= 0.3 is 6.18 Å². The van der Waals surface area contributed by atoms with Crippen molar-refractivity contribution in [1.29, 1.82) is 0 Å². The van der Waals surface area contributed by atoms with E-state index in [1.54, 1.807) is 11.8 Å². The largest absolute Gasteiger partial charge is 0.416 e. The molecule has 0 aliphatic carbocycles. The number of thioether (sulfide) groups is 1. The van der Waals surface area contributed by atoms with Crippen molar-refractivity contribution in [2.45, 2.75) is 25.1 Å². The van der Waals surface area contributed by atoms with Gasteiger partial charge in [0.05, 0.1) is 5.56 Å². The summed E-state index contributed by atoms with van der Waals surface area (Å²) in [5, 5.41) is 3.08. The van der Waals surface area contributed by atoms with Crippen LogP contribution in [0.5, 0.6) is 0 Å². The molecule has 1 atom stereocenters. The Bertz CT molecular complexity index is 427. The Hall–Kier alpha value is -0.590. The average Bonchev–Trinajstić information content (AvgIpc) is 2.36. The van der Waals surface area contributed by atoms with Gasteiger partial charge in [-0.1, -0.05) is 11.6 Å². The van der Waals surface area contributed by atoms with Crippen LogP contribution in [0.15, 0.2) is 18.2 Å². The van der Waals surface area contributed by atoms with Gasteiger partial charge in [0.2, 0.25) is 0 Å². The molecule has 0 radical (unpaired) electrons. The molecule has 0 spiro atoms. The molecule has 0 fully saturated rings. The van der Waals surface area contributed by atoms with Gasteiger partial charge < -0.3 is 11.1 Å². The lowest BCUT2D eigenvalue weighted by molar-refractivity contribution is -0.137. The highest BCUT2D eigenvalue weighted by Crippen LogP contribution is 2.33. The summed E-state index contributed by atoms with van der Waals surface area (Å²) in [6.45, 7) is 0.363. The van der Waals surface area contributed by atoms with E-state index in [1.807, 2.05) is 6.26 Å². The first-order chi connectivity index (χ1) is 9.36. The molecule has 114 valence electrons. The molecule has 0 aromatic heterocycles. The van der Waals surface area contributed by atoms with E-state index in [-0.39, 0.29) is 11.1 Å². The highest BCUT2D eigenvalue weighted by molar-refractivity contribution is 7.98. The normalized spacial score (nSPS) is 13.3. The monoisotopic (exact) mass is 326 g/mol. The first-order valence-corrected chi connectivity index (χ1v) is 7.97. The standard InChI is InChI=1S/C13H18ClF3N2S/c1-20-4-2-3-11(8-18)19-12-6-9(13(15,16)17)5-10(14)7-12/h5-7,11,19H,2-4,8,18H2,1H3. The predicted molar refractivity (Wildman–Crippen MR) is 80.5 cm³/mol. The van der Waals surface area contributed by atoms with E-state index in [2.05, 4.69) is 5.32 Å². The van der Waals surface area contributed by atoms with E-state index < -0.39 is 11.7 Å². The first-order valence-electron chi connectivity index (χ1n) is 6.20. The third-order valence-corrected chi connectivity index (χ3v) is 3.70. The number of nitrogens with two attached hydrogens (primary N) is 1. The maximum absolute atomic E-state index is 12.7. The van der Waals surface area contributed by atoms with Crippen LogP contribution >= 0.6 is 23.4 Å². The molecular formula is C13H18ClF3N2S. The van der Waals surface area contributed by atoms with Gasteiger partial charge in [0.15, 0.2) is 0 Å². The van der Waals surface area contributed by atoms with Crippen molar-refractivity contribution in [3.05, 3.63) is 28.8 Å². The summed E-state index contributed by atoms with van der Waals surface area (Å²) in [5.41, 5.74) is 5.23. The van der Waals surface area contributed by atoms with E-state index >= 15 is 0 Å². The molecule has 1 aromatic rings. The number of rotatable bonds is 7.